The Morgan fingerprint density at radius 3 is 1.58 bits per heavy atom. The summed E-state index contributed by atoms with van der Waals surface area (Å²) in [6.07, 6.45) is 0. The van der Waals surface area contributed by atoms with Crippen molar-refractivity contribution in [3.63, 3.8) is 0 Å². The van der Waals surface area contributed by atoms with Gasteiger partial charge in [0.15, 0.2) is 0 Å². The summed E-state index contributed by atoms with van der Waals surface area (Å²) in [5.41, 5.74) is 13.9. The van der Waals surface area contributed by atoms with Crippen LogP contribution in [0.4, 0.5) is 0 Å². The van der Waals surface area contributed by atoms with E-state index in [-0.39, 0.29) is 0 Å². The van der Waals surface area contributed by atoms with E-state index >= 15 is 0 Å². The van der Waals surface area contributed by atoms with Crippen molar-refractivity contribution in [3.8, 4) is 0 Å². The molecule has 19 heavy (non-hydrogen) atoms. The number of halogens is 2. The third-order valence-corrected chi connectivity index (χ3v) is 5.79. The fourth-order valence-electron chi connectivity index (χ4n) is 1.68. The molecule has 100 valence electrons. The first-order valence-electron chi connectivity index (χ1n) is 5.79. The number of rotatable bonds is 4. The first-order valence-corrected chi connectivity index (χ1v) is 8.76. The highest BCUT2D eigenvalue weighted by atomic mass is 127. The maximum atomic E-state index is 5.75. The van der Waals surface area contributed by atoms with Crippen LogP contribution in [0, 0.1) is 7.14 Å². The summed E-state index contributed by atoms with van der Waals surface area (Å²) in [7, 11) is 0. The predicted octanol–water partition coefficient (Wildman–Crippen LogP) is 3.96. The molecule has 0 amide bonds. The van der Waals surface area contributed by atoms with Gasteiger partial charge >= 0.3 is 0 Å². The van der Waals surface area contributed by atoms with E-state index in [4.69, 9.17) is 11.5 Å². The first kappa shape index (κ1) is 15.6. The minimum Gasteiger partial charge on any atom is -0.326 e. The van der Waals surface area contributed by atoms with Gasteiger partial charge in [-0.1, -0.05) is 11.8 Å². The van der Waals surface area contributed by atoms with Gasteiger partial charge in [0.2, 0.25) is 0 Å². The second-order valence-corrected chi connectivity index (χ2v) is 7.49. The van der Waals surface area contributed by atoms with E-state index in [0.29, 0.717) is 13.1 Å². The van der Waals surface area contributed by atoms with Crippen LogP contribution in [-0.2, 0) is 13.1 Å². The lowest BCUT2D eigenvalue weighted by molar-refractivity contribution is 1.04. The summed E-state index contributed by atoms with van der Waals surface area (Å²) in [5, 5.41) is 0. The molecule has 2 aromatic rings. The summed E-state index contributed by atoms with van der Waals surface area (Å²) in [6, 6.07) is 12.8. The summed E-state index contributed by atoms with van der Waals surface area (Å²) >= 11 is 6.38. The van der Waals surface area contributed by atoms with E-state index in [9.17, 15) is 0 Å². The number of nitrogens with two attached hydrogens (primary N) is 2. The topological polar surface area (TPSA) is 52.0 Å². The maximum absolute atomic E-state index is 5.75. The van der Waals surface area contributed by atoms with Crippen molar-refractivity contribution in [3.05, 3.63) is 54.7 Å². The molecule has 0 spiro atoms. The normalized spacial score (nSPS) is 10.7. The number of hydrogen-bond donors (Lipinski definition) is 2. The fourth-order valence-corrected chi connectivity index (χ4v) is 3.74. The summed E-state index contributed by atoms with van der Waals surface area (Å²) < 4.78 is 2.43. The summed E-state index contributed by atoms with van der Waals surface area (Å²) in [6.45, 7) is 1.15. The van der Waals surface area contributed by atoms with E-state index in [1.807, 2.05) is 0 Å². The van der Waals surface area contributed by atoms with Gasteiger partial charge in [0.1, 0.15) is 0 Å². The highest BCUT2D eigenvalue weighted by Gasteiger charge is 2.04. The van der Waals surface area contributed by atoms with Crippen LogP contribution in [0.2, 0.25) is 0 Å². The number of hydrogen-bond acceptors (Lipinski definition) is 3. The second kappa shape index (κ2) is 7.26. The molecule has 0 aliphatic heterocycles. The third kappa shape index (κ3) is 4.07. The first-order chi connectivity index (χ1) is 9.13. The zero-order chi connectivity index (χ0) is 13.8. The molecule has 0 aromatic heterocycles. The van der Waals surface area contributed by atoms with Crippen molar-refractivity contribution in [2.24, 2.45) is 11.5 Å². The molecule has 0 bridgehead atoms. The van der Waals surface area contributed by atoms with Gasteiger partial charge in [0.25, 0.3) is 0 Å². The quantitative estimate of drug-likeness (QED) is 0.631. The van der Waals surface area contributed by atoms with Crippen molar-refractivity contribution in [1.82, 2.24) is 0 Å². The van der Waals surface area contributed by atoms with E-state index in [1.54, 1.807) is 11.8 Å². The van der Waals surface area contributed by atoms with Gasteiger partial charge in [-0.15, -0.1) is 0 Å². The molecule has 0 saturated carbocycles. The summed E-state index contributed by atoms with van der Waals surface area (Å²) in [4.78, 5) is 2.43. The standard InChI is InChI=1S/C14H14I2N2S/c15-13-3-1-11(5-9(13)7-17)19-12-2-4-14(16)10(6-12)8-18/h1-6H,7-8,17-18H2. The van der Waals surface area contributed by atoms with Gasteiger partial charge in [-0.3, -0.25) is 0 Å². The molecule has 0 saturated heterocycles. The Morgan fingerprint density at radius 2 is 1.21 bits per heavy atom. The van der Waals surface area contributed by atoms with Crippen LogP contribution < -0.4 is 11.5 Å². The molecule has 0 heterocycles. The van der Waals surface area contributed by atoms with E-state index < -0.39 is 0 Å². The lowest BCUT2D eigenvalue weighted by Gasteiger charge is -2.08. The van der Waals surface area contributed by atoms with Gasteiger partial charge in [-0.05, 0) is 92.7 Å². The largest absolute Gasteiger partial charge is 0.326 e. The predicted molar refractivity (Wildman–Crippen MR) is 98.2 cm³/mol. The van der Waals surface area contributed by atoms with Crippen LogP contribution in [0.3, 0.4) is 0 Å². The highest BCUT2D eigenvalue weighted by molar-refractivity contribution is 14.1. The minimum atomic E-state index is 0.577. The maximum Gasteiger partial charge on any atom is 0.0189 e. The molecule has 0 aliphatic rings. The molecule has 2 rings (SSSR count). The summed E-state index contributed by atoms with van der Waals surface area (Å²) in [5.74, 6) is 0. The van der Waals surface area contributed by atoms with Crippen LogP contribution in [0.5, 0.6) is 0 Å². The minimum absolute atomic E-state index is 0.577. The molecular weight excluding hydrogens is 482 g/mol. The molecule has 0 radical (unpaired) electrons. The zero-order valence-corrected chi connectivity index (χ0v) is 15.3. The van der Waals surface area contributed by atoms with Crippen LogP contribution in [-0.4, -0.2) is 0 Å². The molecule has 0 aliphatic carbocycles. The van der Waals surface area contributed by atoms with Crippen molar-refractivity contribution in [1.29, 1.82) is 0 Å². The second-order valence-electron chi connectivity index (χ2n) is 4.02. The third-order valence-electron chi connectivity index (χ3n) is 2.71. The lowest BCUT2D eigenvalue weighted by atomic mass is 10.2. The molecule has 0 fully saturated rings. The van der Waals surface area contributed by atoms with Crippen molar-refractivity contribution in [2.75, 3.05) is 0 Å². The Kier molecular flexibility index (Phi) is 5.94. The van der Waals surface area contributed by atoms with Crippen LogP contribution >= 0.6 is 56.9 Å². The Balaban J connectivity index is 2.25. The molecule has 4 N–H and O–H groups in total. The average Bonchev–Trinajstić information content (AvgIpc) is 2.43. The molecule has 2 aromatic carbocycles. The van der Waals surface area contributed by atoms with E-state index in [1.165, 1.54) is 28.1 Å². The van der Waals surface area contributed by atoms with Crippen molar-refractivity contribution in [2.45, 2.75) is 22.9 Å². The smallest absolute Gasteiger partial charge is 0.0189 e. The van der Waals surface area contributed by atoms with E-state index in [2.05, 4.69) is 81.6 Å². The molecule has 0 unspecified atom stereocenters. The van der Waals surface area contributed by atoms with Gasteiger partial charge < -0.3 is 11.5 Å². The monoisotopic (exact) mass is 496 g/mol. The number of benzene rings is 2. The van der Waals surface area contributed by atoms with Crippen LogP contribution in [0.1, 0.15) is 11.1 Å². The van der Waals surface area contributed by atoms with Crippen molar-refractivity contribution < 1.29 is 0 Å². The Morgan fingerprint density at radius 1 is 0.789 bits per heavy atom. The zero-order valence-electron chi connectivity index (χ0n) is 10.2. The Labute approximate surface area is 145 Å². The molecule has 0 atom stereocenters. The van der Waals surface area contributed by atoms with Crippen LogP contribution in [0.25, 0.3) is 0 Å². The molecular formula is C14H14I2N2S. The Bertz CT molecular complexity index is 536. The van der Waals surface area contributed by atoms with Gasteiger partial charge in [0.05, 0.1) is 0 Å². The van der Waals surface area contributed by atoms with Crippen molar-refractivity contribution >= 4 is 56.9 Å². The van der Waals surface area contributed by atoms with Gasteiger partial charge in [-0.2, -0.15) is 0 Å². The average molecular weight is 496 g/mol. The molecule has 2 nitrogen and oxygen atoms in total. The SMILES string of the molecule is NCc1cc(Sc2ccc(I)c(CN)c2)ccc1I. The van der Waals surface area contributed by atoms with E-state index in [0.717, 1.165) is 0 Å². The Hall–Kier alpha value is 0.170. The highest BCUT2D eigenvalue weighted by Crippen LogP contribution is 2.31. The van der Waals surface area contributed by atoms with Gasteiger partial charge in [0, 0.05) is 30.0 Å². The van der Waals surface area contributed by atoms with Crippen LogP contribution in [0.15, 0.2) is 46.2 Å². The lowest BCUT2D eigenvalue weighted by Crippen LogP contribution is -1.99. The fraction of sp³-hybridized carbons (Fsp3) is 0.143. The molecule has 5 heteroatoms. The van der Waals surface area contributed by atoms with Gasteiger partial charge in [-0.25, -0.2) is 0 Å².